The van der Waals surface area contributed by atoms with E-state index in [0.29, 0.717) is 12.7 Å². The van der Waals surface area contributed by atoms with Crippen LogP contribution in [0.1, 0.15) is 18.4 Å². The number of hydrogen-bond acceptors (Lipinski definition) is 3. The Kier molecular flexibility index (Phi) is 5.36. The summed E-state index contributed by atoms with van der Waals surface area (Å²) in [6.07, 6.45) is 4.29. The van der Waals surface area contributed by atoms with Crippen LogP contribution in [0.4, 0.5) is 0 Å². The summed E-state index contributed by atoms with van der Waals surface area (Å²) in [5, 5.41) is 3.25. The molecule has 0 saturated carbocycles. The maximum absolute atomic E-state index is 5.55. The van der Waals surface area contributed by atoms with Gasteiger partial charge in [0.05, 0.1) is 6.10 Å². The van der Waals surface area contributed by atoms with Crippen LogP contribution in [-0.4, -0.2) is 30.9 Å². The van der Waals surface area contributed by atoms with Crippen molar-refractivity contribution in [1.29, 1.82) is 0 Å². The second-order valence-electron chi connectivity index (χ2n) is 4.47. The molecule has 2 rings (SSSR count). The van der Waals surface area contributed by atoms with Crippen LogP contribution in [-0.2, 0) is 4.74 Å². The van der Waals surface area contributed by atoms with Gasteiger partial charge in [0.25, 0.3) is 0 Å². The maximum Gasteiger partial charge on any atom is 0.119 e. The Morgan fingerprint density at radius 2 is 2.26 bits per heavy atom. The van der Waals surface area contributed by atoms with Gasteiger partial charge in [-0.2, -0.15) is 0 Å². The van der Waals surface area contributed by atoms with Gasteiger partial charge < -0.3 is 14.8 Å². The molecule has 1 aromatic carbocycles. The van der Waals surface area contributed by atoms with Crippen molar-refractivity contribution in [2.75, 3.05) is 19.8 Å². The van der Waals surface area contributed by atoms with Crippen LogP contribution in [0.3, 0.4) is 0 Å². The number of rotatable bonds is 6. The van der Waals surface area contributed by atoms with Crippen molar-refractivity contribution in [3.8, 4) is 5.75 Å². The molecule has 0 aromatic heterocycles. The van der Waals surface area contributed by atoms with Gasteiger partial charge >= 0.3 is 0 Å². The molecule has 1 aliphatic rings. The highest BCUT2D eigenvalue weighted by atomic mass is 32.1. The van der Waals surface area contributed by atoms with Crippen molar-refractivity contribution in [3.05, 3.63) is 42.5 Å². The third-order valence-corrected chi connectivity index (χ3v) is 3.38. The Bertz CT molecular complexity index is 424. The molecule has 1 heterocycles. The molecule has 19 heavy (non-hydrogen) atoms. The van der Waals surface area contributed by atoms with Gasteiger partial charge in [0.2, 0.25) is 0 Å². The number of ether oxygens (including phenoxy) is 2. The van der Waals surface area contributed by atoms with E-state index in [0.717, 1.165) is 42.3 Å². The molecule has 102 valence electrons. The quantitative estimate of drug-likeness (QED) is 0.640. The first kappa shape index (κ1) is 14.0. The van der Waals surface area contributed by atoms with Gasteiger partial charge in [-0.1, -0.05) is 24.9 Å². The molecular weight excluding hydrogens is 258 g/mol. The largest absolute Gasteiger partial charge is 0.490 e. The summed E-state index contributed by atoms with van der Waals surface area (Å²) in [5.74, 6) is 0.825. The third kappa shape index (κ3) is 4.33. The first-order valence-electron chi connectivity index (χ1n) is 6.53. The SMILES string of the molecule is C=CCOc1ccc(C(=S)NC[C@H]2CCCO2)cc1. The van der Waals surface area contributed by atoms with E-state index in [1.807, 2.05) is 24.3 Å². The van der Waals surface area contributed by atoms with Crippen molar-refractivity contribution in [2.24, 2.45) is 0 Å². The summed E-state index contributed by atoms with van der Waals surface area (Å²) in [7, 11) is 0. The van der Waals surface area contributed by atoms with Gasteiger partial charge in [0.1, 0.15) is 17.3 Å². The van der Waals surface area contributed by atoms with Crippen molar-refractivity contribution >= 4 is 17.2 Å². The van der Waals surface area contributed by atoms with Crippen molar-refractivity contribution in [3.63, 3.8) is 0 Å². The molecule has 1 aromatic rings. The standard InChI is InChI=1S/C15H19NO2S/c1-2-9-17-13-7-5-12(6-8-13)15(19)16-11-14-4-3-10-18-14/h2,5-8,14H,1,3-4,9-11H2,(H,16,19)/t14-/m1/s1. The average molecular weight is 277 g/mol. The second kappa shape index (κ2) is 7.26. The highest BCUT2D eigenvalue weighted by molar-refractivity contribution is 7.80. The van der Waals surface area contributed by atoms with Crippen LogP contribution < -0.4 is 10.1 Å². The molecule has 4 heteroatoms. The Morgan fingerprint density at radius 3 is 2.89 bits per heavy atom. The van der Waals surface area contributed by atoms with E-state index in [1.165, 1.54) is 0 Å². The van der Waals surface area contributed by atoms with E-state index in [-0.39, 0.29) is 0 Å². The molecule has 0 aliphatic carbocycles. The van der Waals surface area contributed by atoms with Gasteiger partial charge in [0, 0.05) is 18.7 Å². The monoisotopic (exact) mass is 277 g/mol. The molecular formula is C15H19NO2S. The lowest BCUT2D eigenvalue weighted by molar-refractivity contribution is 0.114. The topological polar surface area (TPSA) is 30.5 Å². The summed E-state index contributed by atoms with van der Waals surface area (Å²) in [6.45, 7) is 5.79. The van der Waals surface area contributed by atoms with Gasteiger partial charge in [-0.05, 0) is 37.1 Å². The lowest BCUT2D eigenvalue weighted by Gasteiger charge is -2.13. The molecule has 3 nitrogen and oxygen atoms in total. The highest BCUT2D eigenvalue weighted by Gasteiger charge is 2.15. The molecule has 1 atom stereocenters. The number of hydrogen-bond donors (Lipinski definition) is 1. The Hall–Kier alpha value is -1.39. The third-order valence-electron chi connectivity index (χ3n) is 3.00. The number of thiocarbonyl (C=S) groups is 1. The van der Waals surface area contributed by atoms with Gasteiger partial charge in [-0.25, -0.2) is 0 Å². The van der Waals surface area contributed by atoms with E-state index < -0.39 is 0 Å². The van der Waals surface area contributed by atoms with Gasteiger partial charge in [-0.3, -0.25) is 0 Å². The fourth-order valence-electron chi connectivity index (χ4n) is 1.97. The van der Waals surface area contributed by atoms with E-state index in [1.54, 1.807) is 6.08 Å². The minimum absolute atomic E-state index is 0.299. The molecule has 0 unspecified atom stereocenters. The van der Waals surface area contributed by atoms with Gasteiger partial charge in [0.15, 0.2) is 0 Å². The molecule has 0 amide bonds. The molecule has 1 N–H and O–H groups in total. The minimum Gasteiger partial charge on any atom is -0.490 e. The fourth-order valence-corrected chi connectivity index (χ4v) is 2.19. The summed E-state index contributed by atoms with van der Waals surface area (Å²) in [4.78, 5) is 0.755. The average Bonchev–Trinajstić information content (AvgIpc) is 2.96. The van der Waals surface area contributed by atoms with Crippen molar-refractivity contribution < 1.29 is 9.47 Å². The first-order valence-corrected chi connectivity index (χ1v) is 6.94. The van der Waals surface area contributed by atoms with Gasteiger partial charge in [-0.15, -0.1) is 0 Å². The molecule has 1 saturated heterocycles. The molecule has 1 aliphatic heterocycles. The summed E-state index contributed by atoms with van der Waals surface area (Å²) in [5.41, 5.74) is 0.999. The molecule has 1 fully saturated rings. The predicted molar refractivity (Wildman–Crippen MR) is 80.8 cm³/mol. The Labute approximate surface area is 119 Å². The van der Waals surface area contributed by atoms with E-state index in [2.05, 4.69) is 11.9 Å². The van der Waals surface area contributed by atoms with E-state index >= 15 is 0 Å². The second-order valence-corrected chi connectivity index (χ2v) is 4.88. The number of nitrogens with one attached hydrogen (secondary N) is 1. The zero-order valence-electron chi connectivity index (χ0n) is 10.9. The van der Waals surface area contributed by atoms with Crippen LogP contribution >= 0.6 is 12.2 Å². The molecule has 0 radical (unpaired) electrons. The zero-order chi connectivity index (χ0) is 13.5. The normalized spacial score (nSPS) is 18.0. The maximum atomic E-state index is 5.55. The summed E-state index contributed by atoms with van der Waals surface area (Å²) < 4.78 is 11.0. The Morgan fingerprint density at radius 1 is 1.47 bits per heavy atom. The van der Waals surface area contributed by atoms with Crippen molar-refractivity contribution in [2.45, 2.75) is 18.9 Å². The molecule has 0 bridgehead atoms. The van der Waals surface area contributed by atoms with Crippen LogP contribution in [0, 0.1) is 0 Å². The molecule has 0 spiro atoms. The predicted octanol–water partition coefficient (Wildman–Crippen LogP) is 2.70. The van der Waals surface area contributed by atoms with E-state index in [4.69, 9.17) is 21.7 Å². The lowest BCUT2D eigenvalue weighted by atomic mass is 10.2. The summed E-state index contributed by atoms with van der Waals surface area (Å²) in [6, 6.07) is 7.75. The van der Waals surface area contributed by atoms with Crippen LogP contribution in [0.5, 0.6) is 5.75 Å². The van der Waals surface area contributed by atoms with Crippen LogP contribution in [0.2, 0.25) is 0 Å². The zero-order valence-corrected chi connectivity index (χ0v) is 11.7. The van der Waals surface area contributed by atoms with Crippen LogP contribution in [0.15, 0.2) is 36.9 Å². The lowest BCUT2D eigenvalue weighted by Crippen LogP contribution is -2.31. The smallest absolute Gasteiger partial charge is 0.119 e. The fraction of sp³-hybridized carbons (Fsp3) is 0.400. The minimum atomic E-state index is 0.299. The Balaban J connectivity index is 1.82. The van der Waals surface area contributed by atoms with Crippen LogP contribution in [0.25, 0.3) is 0 Å². The highest BCUT2D eigenvalue weighted by Crippen LogP contribution is 2.14. The first-order chi connectivity index (χ1) is 9.29. The van der Waals surface area contributed by atoms with Crippen molar-refractivity contribution in [1.82, 2.24) is 5.32 Å². The number of benzene rings is 1. The van der Waals surface area contributed by atoms with E-state index in [9.17, 15) is 0 Å². The summed E-state index contributed by atoms with van der Waals surface area (Å²) >= 11 is 5.36.